The van der Waals surface area contributed by atoms with E-state index in [0.717, 1.165) is 83.2 Å². The van der Waals surface area contributed by atoms with Crippen LogP contribution in [0.1, 0.15) is 0 Å². The number of nitrogens with zero attached hydrogens (tertiary/aromatic N) is 1. The zero-order chi connectivity index (χ0) is 38.2. The molecule has 0 radical (unpaired) electrons. The molecule has 0 amide bonds. The van der Waals surface area contributed by atoms with Crippen molar-refractivity contribution in [1.82, 2.24) is 0 Å². The molecule has 0 N–H and O–H groups in total. The van der Waals surface area contributed by atoms with Crippen LogP contribution >= 0.6 is 11.3 Å². The van der Waals surface area contributed by atoms with Gasteiger partial charge in [-0.3, -0.25) is 0 Å². The van der Waals surface area contributed by atoms with Gasteiger partial charge in [0.25, 0.3) is 0 Å². The van der Waals surface area contributed by atoms with Gasteiger partial charge in [-0.05, 0) is 76.3 Å². The van der Waals surface area contributed by atoms with Crippen LogP contribution in [0.15, 0.2) is 209 Å². The molecule has 0 spiro atoms. The van der Waals surface area contributed by atoms with Crippen LogP contribution in [0.3, 0.4) is 0 Å². The van der Waals surface area contributed by atoms with Gasteiger partial charge in [0, 0.05) is 53.0 Å². The van der Waals surface area contributed by atoms with Crippen molar-refractivity contribution in [2.75, 3.05) is 4.90 Å². The summed E-state index contributed by atoms with van der Waals surface area (Å²) in [7, 11) is 0. The highest BCUT2D eigenvalue weighted by molar-refractivity contribution is 7.26. The molecule has 0 atom stereocenters. The fourth-order valence-electron chi connectivity index (χ4n) is 8.87. The molecule has 3 heterocycles. The third-order valence-electron chi connectivity index (χ3n) is 11.5. The van der Waals surface area contributed by atoms with Crippen molar-refractivity contribution in [3.63, 3.8) is 0 Å². The van der Waals surface area contributed by atoms with E-state index in [2.05, 4.69) is 199 Å². The SMILES string of the molecule is c1ccc(-c2ccc(-c3ccccc3)c3c2oc2ccc(N(c4cccc5c4oc4ccccc45)c4ccc(-c5ccccc5)c5sc6ccccc6c45)cc23)cc1. The number of furan rings is 2. The zero-order valence-corrected chi connectivity index (χ0v) is 32.0. The van der Waals surface area contributed by atoms with Crippen LogP contribution in [0.4, 0.5) is 17.1 Å². The highest BCUT2D eigenvalue weighted by Crippen LogP contribution is 2.51. The van der Waals surface area contributed by atoms with Gasteiger partial charge in [-0.15, -0.1) is 11.3 Å². The van der Waals surface area contributed by atoms with Gasteiger partial charge >= 0.3 is 0 Å². The van der Waals surface area contributed by atoms with Crippen molar-refractivity contribution in [3.8, 4) is 33.4 Å². The van der Waals surface area contributed by atoms with Gasteiger partial charge in [0.15, 0.2) is 5.58 Å². The maximum atomic E-state index is 6.90. The minimum Gasteiger partial charge on any atom is -0.455 e. The van der Waals surface area contributed by atoms with Crippen LogP contribution in [-0.4, -0.2) is 0 Å². The molecule has 0 saturated heterocycles. The predicted octanol–water partition coefficient (Wildman–Crippen LogP) is 16.3. The lowest BCUT2D eigenvalue weighted by Crippen LogP contribution is -2.10. The van der Waals surface area contributed by atoms with E-state index in [9.17, 15) is 0 Å². The lowest BCUT2D eigenvalue weighted by Gasteiger charge is -2.27. The van der Waals surface area contributed by atoms with Crippen LogP contribution in [0.25, 0.3) is 97.4 Å². The number of fused-ring (bicyclic) bond motifs is 9. The molecule has 0 aliphatic rings. The second-order valence-corrected chi connectivity index (χ2v) is 15.8. The first-order valence-electron chi connectivity index (χ1n) is 19.6. The fourth-order valence-corrected chi connectivity index (χ4v) is 10.1. The Balaban J connectivity index is 1.19. The highest BCUT2D eigenvalue weighted by Gasteiger charge is 2.26. The number of thiophene rings is 1. The van der Waals surface area contributed by atoms with Crippen molar-refractivity contribution in [2.45, 2.75) is 0 Å². The van der Waals surface area contributed by atoms with Crippen LogP contribution in [0, 0.1) is 0 Å². The van der Waals surface area contributed by atoms with E-state index in [1.165, 1.54) is 31.3 Å². The second-order valence-electron chi connectivity index (χ2n) is 14.8. The Kier molecular flexibility index (Phi) is 7.40. The van der Waals surface area contributed by atoms with E-state index < -0.39 is 0 Å². The molecular weight excluding hydrogens is 727 g/mol. The average molecular weight is 760 g/mol. The number of hydrogen-bond acceptors (Lipinski definition) is 4. The normalized spacial score (nSPS) is 11.8. The molecular formula is C54H33NO2S. The van der Waals surface area contributed by atoms with Gasteiger partial charge in [-0.2, -0.15) is 0 Å². The molecule has 4 heteroatoms. The zero-order valence-electron chi connectivity index (χ0n) is 31.2. The van der Waals surface area contributed by atoms with Gasteiger partial charge in [0.1, 0.15) is 16.7 Å². The van der Waals surface area contributed by atoms with E-state index in [1.807, 2.05) is 17.4 Å². The molecule has 0 bridgehead atoms. The quantitative estimate of drug-likeness (QED) is 0.169. The van der Waals surface area contributed by atoms with Crippen molar-refractivity contribution in [2.24, 2.45) is 0 Å². The lowest BCUT2D eigenvalue weighted by atomic mass is 9.94. The smallest absolute Gasteiger partial charge is 0.159 e. The van der Waals surface area contributed by atoms with Crippen molar-refractivity contribution in [1.29, 1.82) is 0 Å². The first-order chi connectivity index (χ1) is 28.8. The number of para-hydroxylation sites is 2. The van der Waals surface area contributed by atoms with Crippen LogP contribution in [-0.2, 0) is 0 Å². The molecule has 9 aromatic carbocycles. The Morgan fingerprint density at radius 2 is 0.948 bits per heavy atom. The molecule has 0 aliphatic carbocycles. The van der Waals surface area contributed by atoms with Gasteiger partial charge < -0.3 is 13.7 Å². The first-order valence-corrected chi connectivity index (χ1v) is 20.4. The highest BCUT2D eigenvalue weighted by atomic mass is 32.1. The summed E-state index contributed by atoms with van der Waals surface area (Å²) in [5.41, 5.74) is 13.4. The summed E-state index contributed by atoms with van der Waals surface area (Å²) >= 11 is 1.85. The average Bonchev–Trinajstić information content (AvgIpc) is 4.00. The van der Waals surface area contributed by atoms with Gasteiger partial charge in [-0.1, -0.05) is 152 Å². The monoisotopic (exact) mass is 759 g/mol. The van der Waals surface area contributed by atoms with Crippen molar-refractivity contribution >= 4 is 92.4 Å². The van der Waals surface area contributed by atoms with E-state index in [4.69, 9.17) is 8.83 Å². The summed E-state index contributed by atoms with van der Waals surface area (Å²) in [4.78, 5) is 2.41. The van der Waals surface area contributed by atoms with Gasteiger partial charge in [-0.25, -0.2) is 0 Å². The fraction of sp³-hybridized carbons (Fsp3) is 0. The third-order valence-corrected chi connectivity index (χ3v) is 12.7. The molecule has 3 nitrogen and oxygen atoms in total. The maximum Gasteiger partial charge on any atom is 0.159 e. The van der Waals surface area contributed by atoms with Crippen LogP contribution in [0.2, 0.25) is 0 Å². The van der Waals surface area contributed by atoms with Gasteiger partial charge in [0.05, 0.1) is 11.4 Å². The Labute approximate surface area is 338 Å². The van der Waals surface area contributed by atoms with Crippen LogP contribution in [0.5, 0.6) is 0 Å². The summed E-state index contributed by atoms with van der Waals surface area (Å²) in [6, 6.07) is 71.2. The molecule has 272 valence electrons. The summed E-state index contributed by atoms with van der Waals surface area (Å²) in [5, 5.41) is 6.77. The molecule has 58 heavy (non-hydrogen) atoms. The number of rotatable bonds is 6. The van der Waals surface area contributed by atoms with Gasteiger partial charge in [0.2, 0.25) is 0 Å². The standard InChI is InChI=1S/C54H33NO2S/c1-4-15-34(16-5-1)38-28-29-39(35-17-6-2-7-18-35)53-50(38)44-33-37(27-32-48(44)57-53)55(46-24-14-23-42-41-21-10-12-25-47(41)56-52(42)46)45-31-30-40(36-19-8-3-9-20-36)54-51(45)43-22-11-13-26-49(43)58-54/h1-33H. The minimum atomic E-state index is 0.840. The Morgan fingerprint density at radius 1 is 0.362 bits per heavy atom. The second kappa shape index (κ2) is 13.1. The Morgan fingerprint density at radius 3 is 1.72 bits per heavy atom. The summed E-state index contributed by atoms with van der Waals surface area (Å²) in [6.07, 6.45) is 0. The first kappa shape index (κ1) is 32.8. The molecule has 12 aromatic rings. The number of hydrogen-bond donors (Lipinski definition) is 0. The summed E-state index contributed by atoms with van der Waals surface area (Å²) in [5.74, 6) is 0. The molecule has 0 fully saturated rings. The molecule has 3 aromatic heterocycles. The summed E-state index contributed by atoms with van der Waals surface area (Å²) in [6.45, 7) is 0. The largest absolute Gasteiger partial charge is 0.455 e. The van der Waals surface area contributed by atoms with E-state index in [0.29, 0.717) is 0 Å². The number of anilines is 3. The topological polar surface area (TPSA) is 29.5 Å². The maximum absolute atomic E-state index is 6.90. The van der Waals surface area contributed by atoms with Crippen molar-refractivity contribution < 1.29 is 8.83 Å². The van der Waals surface area contributed by atoms with E-state index in [1.54, 1.807) is 0 Å². The van der Waals surface area contributed by atoms with E-state index in [-0.39, 0.29) is 0 Å². The minimum absolute atomic E-state index is 0.840. The Bertz CT molecular complexity index is 3510. The lowest BCUT2D eigenvalue weighted by molar-refractivity contribution is 0.669. The molecule has 0 unspecified atom stereocenters. The predicted molar refractivity (Wildman–Crippen MR) is 245 cm³/mol. The Hall–Kier alpha value is -7.40. The van der Waals surface area contributed by atoms with E-state index >= 15 is 0 Å². The van der Waals surface area contributed by atoms with Crippen LogP contribution < -0.4 is 4.90 Å². The molecule has 0 aliphatic heterocycles. The molecule has 0 saturated carbocycles. The van der Waals surface area contributed by atoms with Crippen molar-refractivity contribution in [3.05, 3.63) is 200 Å². The molecule has 12 rings (SSSR count). The number of benzene rings is 9. The third kappa shape index (κ3) is 5.05. The summed E-state index contributed by atoms with van der Waals surface area (Å²) < 4.78 is 16.2.